The molecular formula is C27H27ClN4O4S. The molecule has 10 heteroatoms. The number of amides is 2. The van der Waals surface area contributed by atoms with Crippen molar-refractivity contribution in [2.75, 3.05) is 39.3 Å². The van der Waals surface area contributed by atoms with Crippen LogP contribution in [0, 0.1) is 10.1 Å². The van der Waals surface area contributed by atoms with Crippen molar-refractivity contribution in [1.82, 2.24) is 14.7 Å². The van der Waals surface area contributed by atoms with Crippen LogP contribution in [-0.2, 0) is 11.2 Å². The number of rotatable bonds is 5. The van der Waals surface area contributed by atoms with E-state index in [2.05, 4.69) is 16.3 Å². The molecule has 0 radical (unpaired) electrons. The van der Waals surface area contributed by atoms with Crippen LogP contribution in [0.5, 0.6) is 0 Å². The minimum absolute atomic E-state index is 0.00316. The summed E-state index contributed by atoms with van der Waals surface area (Å²) in [7, 11) is 0. The SMILES string of the molecule is O=C(CN1CCc2sccc2[C@H]1c1ccc(Cl)cc1)N1CCCN(C(=O)c2ccc([N+](=O)[O-])cc2)CC1. The zero-order valence-electron chi connectivity index (χ0n) is 20.2. The van der Waals surface area contributed by atoms with Gasteiger partial charge in [-0.15, -0.1) is 11.3 Å². The van der Waals surface area contributed by atoms with E-state index in [1.54, 1.807) is 16.2 Å². The third kappa shape index (κ3) is 5.53. The van der Waals surface area contributed by atoms with E-state index in [1.807, 2.05) is 29.2 Å². The normalized spacial score (nSPS) is 18.2. The highest BCUT2D eigenvalue weighted by atomic mass is 35.5. The van der Waals surface area contributed by atoms with Gasteiger partial charge in [-0.1, -0.05) is 23.7 Å². The molecule has 2 aliphatic heterocycles. The number of hydrogen-bond donors (Lipinski definition) is 0. The van der Waals surface area contributed by atoms with E-state index in [0.29, 0.717) is 49.7 Å². The second kappa shape index (κ2) is 11.0. The zero-order chi connectivity index (χ0) is 25.9. The van der Waals surface area contributed by atoms with Crippen molar-refractivity contribution in [3.8, 4) is 0 Å². The van der Waals surface area contributed by atoms with E-state index in [4.69, 9.17) is 11.6 Å². The quantitative estimate of drug-likeness (QED) is 0.349. The van der Waals surface area contributed by atoms with Crippen molar-refractivity contribution in [3.63, 3.8) is 0 Å². The molecule has 1 saturated heterocycles. The Bertz CT molecular complexity index is 1290. The van der Waals surface area contributed by atoms with Crippen molar-refractivity contribution in [3.05, 3.63) is 96.7 Å². The molecule has 1 aromatic heterocycles. The van der Waals surface area contributed by atoms with Crippen molar-refractivity contribution in [1.29, 1.82) is 0 Å². The first-order valence-corrected chi connectivity index (χ1v) is 13.5. The largest absolute Gasteiger partial charge is 0.340 e. The third-order valence-corrected chi connectivity index (χ3v) is 8.30. The minimum atomic E-state index is -0.483. The monoisotopic (exact) mass is 538 g/mol. The number of fused-ring (bicyclic) bond motifs is 1. The van der Waals surface area contributed by atoms with Crippen LogP contribution in [-0.4, -0.2) is 70.7 Å². The lowest BCUT2D eigenvalue weighted by Gasteiger charge is -2.37. The number of halogens is 1. The fraction of sp³-hybridized carbons (Fsp3) is 0.333. The molecule has 2 aromatic carbocycles. The molecule has 37 heavy (non-hydrogen) atoms. The van der Waals surface area contributed by atoms with Crippen molar-refractivity contribution >= 4 is 40.4 Å². The summed E-state index contributed by atoms with van der Waals surface area (Å²) >= 11 is 7.90. The summed E-state index contributed by atoms with van der Waals surface area (Å²) in [5.41, 5.74) is 2.74. The Morgan fingerprint density at radius 1 is 0.946 bits per heavy atom. The predicted molar refractivity (Wildman–Crippen MR) is 143 cm³/mol. The van der Waals surface area contributed by atoms with Crippen LogP contribution >= 0.6 is 22.9 Å². The number of carbonyl (C=O) groups excluding carboxylic acids is 2. The highest BCUT2D eigenvalue weighted by Crippen LogP contribution is 2.38. The Balaban J connectivity index is 1.25. The number of non-ortho nitro benzene ring substituents is 1. The smallest absolute Gasteiger partial charge is 0.269 e. The maximum absolute atomic E-state index is 13.4. The molecule has 1 atom stereocenters. The molecule has 0 aliphatic carbocycles. The summed E-state index contributed by atoms with van der Waals surface area (Å²) in [6.07, 6.45) is 1.60. The van der Waals surface area contributed by atoms with Gasteiger partial charge in [-0.3, -0.25) is 24.6 Å². The van der Waals surface area contributed by atoms with Gasteiger partial charge in [-0.2, -0.15) is 0 Å². The van der Waals surface area contributed by atoms with Crippen LogP contribution in [0.2, 0.25) is 5.02 Å². The number of nitro groups is 1. The molecule has 1 fully saturated rings. The number of nitrogens with zero attached hydrogens (tertiary/aromatic N) is 4. The van der Waals surface area contributed by atoms with Gasteiger partial charge >= 0.3 is 0 Å². The summed E-state index contributed by atoms with van der Waals surface area (Å²) < 4.78 is 0. The highest BCUT2D eigenvalue weighted by Gasteiger charge is 2.32. The van der Waals surface area contributed by atoms with Crippen LogP contribution in [0.25, 0.3) is 0 Å². The average molecular weight is 539 g/mol. The molecule has 0 saturated carbocycles. The number of nitro benzene ring substituents is 1. The summed E-state index contributed by atoms with van der Waals surface area (Å²) in [4.78, 5) is 44.0. The van der Waals surface area contributed by atoms with Gasteiger partial charge in [0.05, 0.1) is 17.5 Å². The number of carbonyl (C=O) groups is 2. The van der Waals surface area contributed by atoms with Crippen LogP contribution in [0.1, 0.15) is 38.8 Å². The predicted octanol–water partition coefficient (Wildman–Crippen LogP) is 4.63. The fourth-order valence-electron chi connectivity index (χ4n) is 5.13. The minimum Gasteiger partial charge on any atom is -0.340 e. The standard InChI is InChI=1S/C27H27ClN4O4S/c28-21-6-2-19(3-7-21)26-23-11-17-37-24(23)10-14-31(26)18-25(33)29-12-1-13-30(16-15-29)27(34)20-4-8-22(9-5-20)32(35)36/h2-9,11,17,26H,1,10,12-16,18H2/t26-/m1/s1. The van der Waals surface area contributed by atoms with Crippen molar-refractivity contribution in [2.45, 2.75) is 18.9 Å². The molecule has 0 unspecified atom stereocenters. The zero-order valence-corrected chi connectivity index (χ0v) is 21.8. The Morgan fingerprint density at radius 2 is 1.65 bits per heavy atom. The van der Waals surface area contributed by atoms with E-state index in [0.717, 1.165) is 18.5 Å². The molecule has 0 spiro atoms. The lowest BCUT2D eigenvalue weighted by Crippen LogP contribution is -2.45. The first-order valence-electron chi connectivity index (χ1n) is 12.3. The molecule has 8 nitrogen and oxygen atoms in total. The molecule has 0 N–H and O–H groups in total. The van der Waals surface area contributed by atoms with Gasteiger partial charge in [0.2, 0.25) is 5.91 Å². The van der Waals surface area contributed by atoms with E-state index in [9.17, 15) is 19.7 Å². The van der Waals surface area contributed by atoms with Crippen LogP contribution < -0.4 is 0 Å². The van der Waals surface area contributed by atoms with Crippen LogP contribution in [0.15, 0.2) is 60.0 Å². The molecule has 0 bridgehead atoms. The molecular weight excluding hydrogens is 512 g/mol. The number of hydrogen-bond acceptors (Lipinski definition) is 6. The van der Waals surface area contributed by atoms with Gasteiger partial charge in [0.1, 0.15) is 0 Å². The topological polar surface area (TPSA) is 87.0 Å². The summed E-state index contributed by atoms with van der Waals surface area (Å²) in [6.45, 7) is 3.11. The third-order valence-electron chi connectivity index (χ3n) is 7.05. The van der Waals surface area contributed by atoms with E-state index < -0.39 is 4.92 Å². The summed E-state index contributed by atoms with van der Waals surface area (Å²) in [5.74, 6) is -0.115. The maximum atomic E-state index is 13.4. The number of thiophene rings is 1. The van der Waals surface area contributed by atoms with E-state index >= 15 is 0 Å². The average Bonchev–Trinajstić information content (AvgIpc) is 3.24. The first-order chi connectivity index (χ1) is 17.9. The van der Waals surface area contributed by atoms with E-state index in [-0.39, 0.29) is 23.5 Å². The second-order valence-electron chi connectivity index (χ2n) is 9.30. The van der Waals surface area contributed by atoms with E-state index in [1.165, 1.54) is 34.7 Å². The van der Waals surface area contributed by atoms with Gasteiger partial charge in [-0.05, 0) is 59.7 Å². The molecule has 3 heterocycles. The van der Waals surface area contributed by atoms with Crippen molar-refractivity contribution in [2.24, 2.45) is 0 Å². The van der Waals surface area contributed by atoms with Gasteiger partial charge in [-0.25, -0.2) is 0 Å². The molecule has 2 amide bonds. The second-order valence-corrected chi connectivity index (χ2v) is 10.7. The van der Waals surface area contributed by atoms with Crippen LogP contribution in [0.3, 0.4) is 0 Å². The highest BCUT2D eigenvalue weighted by molar-refractivity contribution is 7.10. The molecule has 5 rings (SSSR count). The summed E-state index contributed by atoms with van der Waals surface area (Å²) in [6, 6.07) is 15.7. The lowest BCUT2D eigenvalue weighted by molar-refractivity contribution is -0.384. The fourth-order valence-corrected chi connectivity index (χ4v) is 6.16. The lowest BCUT2D eigenvalue weighted by atomic mass is 9.93. The van der Waals surface area contributed by atoms with Gasteiger partial charge < -0.3 is 9.80 Å². The molecule has 192 valence electrons. The maximum Gasteiger partial charge on any atom is 0.269 e. The van der Waals surface area contributed by atoms with Crippen LogP contribution in [0.4, 0.5) is 5.69 Å². The van der Waals surface area contributed by atoms with Crippen molar-refractivity contribution < 1.29 is 14.5 Å². The Morgan fingerprint density at radius 3 is 2.38 bits per heavy atom. The number of benzene rings is 2. The first kappa shape index (κ1) is 25.4. The molecule has 2 aliphatic rings. The van der Waals surface area contributed by atoms with Gasteiger partial charge in [0.15, 0.2) is 0 Å². The summed E-state index contributed by atoms with van der Waals surface area (Å²) in [5, 5.41) is 13.7. The Hall–Kier alpha value is -3.27. The van der Waals surface area contributed by atoms with Gasteiger partial charge in [0.25, 0.3) is 11.6 Å². The molecule has 3 aromatic rings. The Labute approximate surface area is 224 Å². The van der Waals surface area contributed by atoms with Gasteiger partial charge in [0, 0.05) is 60.3 Å². The Kier molecular flexibility index (Phi) is 7.55.